The predicted molar refractivity (Wildman–Crippen MR) is 65.4 cm³/mol. The fraction of sp³-hybridized carbons (Fsp3) is 0.750. The standard InChI is InChI=1S/C12H20N4O/c1-3-6-9-14-10(16-11(13)15-9)12(17-2)7-4-5-8-12/h3-8H2,1-2H3,(H2,13,14,15,16). The quantitative estimate of drug-likeness (QED) is 0.863. The molecule has 0 bridgehead atoms. The first-order chi connectivity index (χ1) is 8.20. The monoisotopic (exact) mass is 236 g/mol. The van der Waals surface area contributed by atoms with Crippen LogP contribution in [0.25, 0.3) is 0 Å². The Morgan fingerprint density at radius 1 is 1.24 bits per heavy atom. The summed E-state index contributed by atoms with van der Waals surface area (Å²) < 4.78 is 5.66. The Morgan fingerprint density at radius 3 is 2.53 bits per heavy atom. The van der Waals surface area contributed by atoms with Crippen LogP contribution in [0.15, 0.2) is 0 Å². The Bertz CT molecular complexity index is 388. The summed E-state index contributed by atoms with van der Waals surface area (Å²) in [5.41, 5.74) is 5.42. The van der Waals surface area contributed by atoms with Crippen LogP contribution in [0, 0.1) is 0 Å². The molecule has 0 spiro atoms. The zero-order valence-electron chi connectivity index (χ0n) is 10.6. The molecule has 0 amide bonds. The first kappa shape index (κ1) is 12.2. The third-order valence-electron chi connectivity index (χ3n) is 3.38. The number of nitrogens with zero attached hydrogens (tertiary/aromatic N) is 3. The molecule has 1 aliphatic carbocycles. The van der Waals surface area contributed by atoms with Crippen molar-refractivity contribution in [1.82, 2.24) is 15.0 Å². The predicted octanol–water partition coefficient (Wildman–Crippen LogP) is 1.82. The van der Waals surface area contributed by atoms with Crippen LogP contribution in [-0.2, 0) is 16.8 Å². The van der Waals surface area contributed by atoms with E-state index in [2.05, 4.69) is 21.9 Å². The fourth-order valence-corrected chi connectivity index (χ4v) is 2.44. The summed E-state index contributed by atoms with van der Waals surface area (Å²) in [6.07, 6.45) is 6.09. The third kappa shape index (κ3) is 2.39. The molecule has 5 nitrogen and oxygen atoms in total. The number of anilines is 1. The Balaban J connectivity index is 2.36. The van der Waals surface area contributed by atoms with Gasteiger partial charge in [0, 0.05) is 13.5 Å². The Hall–Kier alpha value is -1.23. The van der Waals surface area contributed by atoms with Gasteiger partial charge in [-0.15, -0.1) is 0 Å². The third-order valence-corrected chi connectivity index (χ3v) is 3.38. The van der Waals surface area contributed by atoms with Gasteiger partial charge in [-0.3, -0.25) is 0 Å². The Labute approximate surface area is 102 Å². The highest BCUT2D eigenvalue weighted by atomic mass is 16.5. The van der Waals surface area contributed by atoms with E-state index in [1.54, 1.807) is 7.11 Å². The van der Waals surface area contributed by atoms with Gasteiger partial charge in [-0.1, -0.05) is 6.92 Å². The summed E-state index contributed by atoms with van der Waals surface area (Å²) in [5, 5.41) is 0. The number of methoxy groups -OCH3 is 1. The van der Waals surface area contributed by atoms with Crippen molar-refractivity contribution in [3.63, 3.8) is 0 Å². The summed E-state index contributed by atoms with van der Waals surface area (Å²) in [4.78, 5) is 13.0. The molecule has 0 unspecified atom stereocenters. The molecule has 0 atom stereocenters. The highest BCUT2D eigenvalue weighted by Crippen LogP contribution is 2.39. The van der Waals surface area contributed by atoms with E-state index in [4.69, 9.17) is 10.5 Å². The van der Waals surface area contributed by atoms with Crippen LogP contribution in [0.2, 0.25) is 0 Å². The van der Waals surface area contributed by atoms with Gasteiger partial charge in [0.25, 0.3) is 0 Å². The fourth-order valence-electron chi connectivity index (χ4n) is 2.44. The first-order valence-electron chi connectivity index (χ1n) is 6.26. The van der Waals surface area contributed by atoms with Gasteiger partial charge in [0.1, 0.15) is 11.4 Å². The average Bonchev–Trinajstić information content (AvgIpc) is 2.78. The van der Waals surface area contributed by atoms with Crippen LogP contribution < -0.4 is 5.73 Å². The minimum atomic E-state index is -0.334. The number of hydrogen-bond acceptors (Lipinski definition) is 5. The number of hydrogen-bond donors (Lipinski definition) is 1. The van der Waals surface area contributed by atoms with Gasteiger partial charge in [-0.25, -0.2) is 4.98 Å². The molecule has 1 aromatic heterocycles. The van der Waals surface area contributed by atoms with E-state index in [-0.39, 0.29) is 5.60 Å². The smallest absolute Gasteiger partial charge is 0.223 e. The molecular weight excluding hydrogens is 216 g/mol. The number of nitrogen functional groups attached to an aromatic ring is 1. The van der Waals surface area contributed by atoms with Gasteiger partial charge in [0.2, 0.25) is 5.95 Å². The summed E-state index contributed by atoms with van der Waals surface area (Å²) in [6.45, 7) is 2.10. The lowest BCUT2D eigenvalue weighted by molar-refractivity contribution is -0.0165. The molecule has 1 aliphatic rings. The van der Waals surface area contributed by atoms with Crippen molar-refractivity contribution in [1.29, 1.82) is 0 Å². The molecule has 0 saturated heterocycles. The topological polar surface area (TPSA) is 73.9 Å². The van der Waals surface area contributed by atoms with Crippen LogP contribution in [0.1, 0.15) is 50.7 Å². The molecule has 5 heteroatoms. The summed E-state index contributed by atoms with van der Waals surface area (Å²) >= 11 is 0. The van der Waals surface area contributed by atoms with Gasteiger partial charge < -0.3 is 10.5 Å². The number of rotatable bonds is 4. The summed E-state index contributed by atoms with van der Waals surface area (Å²) in [7, 11) is 1.73. The molecule has 0 aliphatic heterocycles. The molecule has 0 radical (unpaired) electrons. The van der Waals surface area contributed by atoms with Crippen molar-refractivity contribution in [3.8, 4) is 0 Å². The molecule has 0 aromatic carbocycles. The molecule has 1 fully saturated rings. The van der Waals surface area contributed by atoms with Crippen LogP contribution in [0.5, 0.6) is 0 Å². The van der Waals surface area contributed by atoms with E-state index < -0.39 is 0 Å². The zero-order chi connectivity index (χ0) is 12.3. The number of aromatic nitrogens is 3. The molecule has 2 rings (SSSR count). The van der Waals surface area contributed by atoms with Crippen molar-refractivity contribution in [2.75, 3.05) is 12.8 Å². The Morgan fingerprint density at radius 2 is 1.94 bits per heavy atom. The second-order valence-corrected chi connectivity index (χ2v) is 4.59. The van der Waals surface area contributed by atoms with Gasteiger partial charge in [0.05, 0.1) is 0 Å². The minimum absolute atomic E-state index is 0.307. The van der Waals surface area contributed by atoms with Crippen molar-refractivity contribution in [3.05, 3.63) is 11.6 Å². The van der Waals surface area contributed by atoms with Crippen LogP contribution in [-0.4, -0.2) is 22.1 Å². The maximum atomic E-state index is 5.75. The van der Waals surface area contributed by atoms with E-state index in [1.807, 2.05) is 0 Å². The molecule has 1 aromatic rings. The summed E-state index contributed by atoms with van der Waals surface area (Å²) in [6, 6.07) is 0. The van der Waals surface area contributed by atoms with Crippen LogP contribution >= 0.6 is 0 Å². The average molecular weight is 236 g/mol. The number of ether oxygens (including phenoxy) is 1. The van der Waals surface area contributed by atoms with E-state index in [1.165, 1.54) is 0 Å². The van der Waals surface area contributed by atoms with Crippen LogP contribution in [0.3, 0.4) is 0 Å². The molecule has 1 saturated carbocycles. The maximum Gasteiger partial charge on any atom is 0.223 e. The van der Waals surface area contributed by atoms with Crippen LogP contribution in [0.4, 0.5) is 5.95 Å². The number of aryl methyl sites for hydroxylation is 1. The lowest BCUT2D eigenvalue weighted by atomic mass is 10.0. The second-order valence-electron chi connectivity index (χ2n) is 4.59. The highest BCUT2D eigenvalue weighted by Gasteiger charge is 2.39. The van der Waals surface area contributed by atoms with Gasteiger partial charge in [-0.05, 0) is 32.1 Å². The lowest BCUT2D eigenvalue weighted by Crippen LogP contribution is -2.28. The van der Waals surface area contributed by atoms with Gasteiger partial charge >= 0.3 is 0 Å². The van der Waals surface area contributed by atoms with Crippen molar-refractivity contribution < 1.29 is 4.74 Å². The van der Waals surface area contributed by atoms with E-state index in [0.29, 0.717) is 11.8 Å². The molecular formula is C12H20N4O. The summed E-state index contributed by atoms with van der Waals surface area (Å²) in [5.74, 6) is 1.80. The van der Waals surface area contributed by atoms with Gasteiger partial charge in [0.15, 0.2) is 5.82 Å². The molecule has 94 valence electrons. The normalized spacial score (nSPS) is 18.5. The van der Waals surface area contributed by atoms with E-state index in [9.17, 15) is 0 Å². The lowest BCUT2D eigenvalue weighted by Gasteiger charge is -2.25. The highest BCUT2D eigenvalue weighted by molar-refractivity contribution is 5.19. The van der Waals surface area contributed by atoms with Crippen molar-refractivity contribution in [2.24, 2.45) is 0 Å². The maximum absolute atomic E-state index is 5.75. The molecule has 17 heavy (non-hydrogen) atoms. The molecule has 2 N–H and O–H groups in total. The van der Waals surface area contributed by atoms with E-state index in [0.717, 1.165) is 44.3 Å². The number of nitrogens with two attached hydrogens (primary N) is 1. The zero-order valence-corrected chi connectivity index (χ0v) is 10.6. The van der Waals surface area contributed by atoms with Crippen molar-refractivity contribution in [2.45, 2.75) is 51.0 Å². The van der Waals surface area contributed by atoms with Crippen molar-refractivity contribution >= 4 is 5.95 Å². The Kier molecular flexibility index (Phi) is 3.57. The minimum Gasteiger partial charge on any atom is -0.370 e. The SMILES string of the molecule is CCCc1nc(N)nc(C2(OC)CCCC2)n1. The molecule has 1 heterocycles. The second kappa shape index (κ2) is 4.96. The largest absolute Gasteiger partial charge is 0.370 e. The van der Waals surface area contributed by atoms with Gasteiger partial charge in [-0.2, -0.15) is 9.97 Å². The van der Waals surface area contributed by atoms with E-state index >= 15 is 0 Å². The first-order valence-corrected chi connectivity index (χ1v) is 6.26.